The molecule has 1 aromatic carbocycles. The van der Waals surface area contributed by atoms with Gasteiger partial charge in [-0.2, -0.15) is 0 Å². The van der Waals surface area contributed by atoms with Crippen LogP contribution in [0.1, 0.15) is 32.1 Å². The summed E-state index contributed by atoms with van der Waals surface area (Å²) < 4.78 is 6.63. The molecular formula is C17H22BrNO4. The number of carboxylic acids is 1. The fourth-order valence-corrected chi connectivity index (χ4v) is 2.90. The van der Waals surface area contributed by atoms with Gasteiger partial charge in [-0.1, -0.05) is 15.9 Å². The fourth-order valence-electron chi connectivity index (χ4n) is 2.63. The number of piperidine rings is 1. The Morgan fingerprint density at radius 1 is 1.17 bits per heavy atom. The van der Waals surface area contributed by atoms with E-state index >= 15 is 0 Å². The van der Waals surface area contributed by atoms with Crippen LogP contribution in [-0.2, 0) is 9.59 Å². The molecule has 0 bridgehead atoms. The van der Waals surface area contributed by atoms with Crippen LogP contribution in [0.5, 0.6) is 5.75 Å². The average molecular weight is 384 g/mol. The van der Waals surface area contributed by atoms with Gasteiger partial charge >= 0.3 is 5.97 Å². The number of carbonyl (C=O) groups is 2. The van der Waals surface area contributed by atoms with Gasteiger partial charge in [-0.3, -0.25) is 9.59 Å². The van der Waals surface area contributed by atoms with Gasteiger partial charge in [0.05, 0.1) is 12.5 Å². The smallest absolute Gasteiger partial charge is 0.306 e. The number of ether oxygens (including phenoxy) is 1. The van der Waals surface area contributed by atoms with Crippen molar-refractivity contribution in [2.24, 2.45) is 5.92 Å². The molecule has 0 radical (unpaired) electrons. The van der Waals surface area contributed by atoms with E-state index in [-0.39, 0.29) is 11.8 Å². The summed E-state index contributed by atoms with van der Waals surface area (Å²) in [6.45, 7) is 1.71. The van der Waals surface area contributed by atoms with E-state index in [0.29, 0.717) is 39.0 Å². The lowest BCUT2D eigenvalue weighted by Gasteiger charge is -2.30. The van der Waals surface area contributed by atoms with E-state index in [1.54, 1.807) is 4.90 Å². The first-order chi connectivity index (χ1) is 11.1. The van der Waals surface area contributed by atoms with Gasteiger partial charge in [-0.15, -0.1) is 0 Å². The Balaban J connectivity index is 1.58. The van der Waals surface area contributed by atoms with Gasteiger partial charge in [-0.05, 0) is 49.9 Å². The molecule has 0 atom stereocenters. The molecule has 23 heavy (non-hydrogen) atoms. The molecule has 1 aliphatic heterocycles. The van der Waals surface area contributed by atoms with Crippen molar-refractivity contribution < 1.29 is 19.4 Å². The molecule has 0 unspecified atom stereocenters. The predicted octanol–water partition coefficient (Wildman–Crippen LogP) is 3.32. The zero-order chi connectivity index (χ0) is 16.7. The summed E-state index contributed by atoms with van der Waals surface area (Å²) in [6.07, 6.45) is 3.24. The Hall–Kier alpha value is -1.56. The number of benzene rings is 1. The number of hydrogen-bond donors (Lipinski definition) is 1. The highest BCUT2D eigenvalue weighted by Crippen LogP contribution is 2.19. The first-order valence-corrected chi connectivity index (χ1v) is 8.74. The number of likely N-dealkylation sites (tertiary alicyclic amines) is 1. The highest BCUT2D eigenvalue weighted by atomic mass is 79.9. The Bertz CT molecular complexity index is 524. The number of carboxylic acid groups (broad SMARTS) is 1. The van der Waals surface area contributed by atoms with Crippen LogP contribution in [0.2, 0.25) is 0 Å². The van der Waals surface area contributed by atoms with Crippen LogP contribution < -0.4 is 4.74 Å². The first-order valence-electron chi connectivity index (χ1n) is 7.95. The third-order valence-corrected chi connectivity index (χ3v) is 4.59. The molecule has 1 aliphatic rings. The van der Waals surface area contributed by atoms with Gasteiger partial charge < -0.3 is 14.7 Å². The highest BCUT2D eigenvalue weighted by molar-refractivity contribution is 9.10. The molecule has 126 valence electrons. The van der Waals surface area contributed by atoms with Crippen molar-refractivity contribution in [1.82, 2.24) is 4.90 Å². The second-order valence-corrected chi connectivity index (χ2v) is 6.67. The van der Waals surface area contributed by atoms with Crippen LogP contribution >= 0.6 is 15.9 Å². The van der Waals surface area contributed by atoms with Crippen molar-refractivity contribution >= 4 is 27.8 Å². The summed E-state index contributed by atoms with van der Waals surface area (Å²) in [5.41, 5.74) is 0. The van der Waals surface area contributed by atoms with Crippen LogP contribution in [-0.4, -0.2) is 41.6 Å². The molecule has 5 nitrogen and oxygen atoms in total. The maximum Gasteiger partial charge on any atom is 0.306 e. The van der Waals surface area contributed by atoms with Gasteiger partial charge in [0.15, 0.2) is 0 Å². The lowest BCUT2D eigenvalue weighted by Crippen LogP contribution is -2.40. The molecule has 1 amide bonds. The topological polar surface area (TPSA) is 66.8 Å². The molecule has 0 saturated carbocycles. The van der Waals surface area contributed by atoms with Crippen LogP contribution in [0.4, 0.5) is 0 Å². The molecule has 0 spiro atoms. The van der Waals surface area contributed by atoms with Crippen LogP contribution in [0, 0.1) is 5.92 Å². The molecule has 1 saturated heterocycles. The van der Waals surface area contributed by atoms with Crippen molar-refractivity contribution in [2.75, 3.05) is 19.7 Å². The number of unbranched alkanes of at least 4 members (excludes halogenated alkanes) is 1. The van der Waals surface area contributed by atoms with Gasteiger partial charge in [0, 0.05) is 24.0 Å². The molecule has 2 rings (SSSR count). The number of hydrogen-bond acceptors (Lipinski definition) is 3. The van der Waals surface area contributed by atoms with E-state index in [0.717, 1.165) is 23.1 Å². The zero-order valence-corrected chi connectivity index (χ0v) is 14.6. The SMILES string of the molecule is O=C(O)C1CCN(C(=O)CCCCOc2ccc(Br)cc2)CC1. The molecule has 1 heterocycles. The van der Waals surface area contributed by atoms with Crippen molar-refractivity contribution in [3.63, 3.8) is 0 Å². The summed E-state index contributed by atoms with van der Waals surface area (Å²) in [5, 5.41) is 8.95. The van der Waals surface area contributed by atoms with E-state index < -0.39 is 5.97 Å². The minimum absolute atomic E-state index is 0.123. The second-order valence-electron chi connectivity index (χ2n) is 5.75. The standard InChI is InChI=1S/C17H22BrNO4/c18-14-4-6-15(7-5-14)23-12-2-1-3-16(20)19-10-8-13(9-11-19)17(21)22/h4-7,13H,1-3,8-12H2,(H,21,22). The quantitative estimate of drug-likeness (QED) is 0.733. The normalized spacial score (nSPS) is 15.4. The minimum Gasteiger partial charge on any atom is -0.494 e. The van der Waals surface area contributed by atoms with Gasteiger partial charge in [0.25, 0.3) is 0 Å². The average Bonchev–Trinajstić information content (AvgIpc) is 2.56. The molecule has 0 aliphatic carbocycles. The van der Waals surface area contributed by atoms with Crippen LogP contribution in [0.15, 0.2) is 28.7 Å². The summed E-state index contributed by atoms with van der Waals surface area (Å²) in [4.78, 5) is 24.8. The second kappa shape index (κ2) is 8.91. The molecule has 1 fully saturated rings. The Labute approximate surface area is 144 Å². The monoisotopic (exact) mass is 383 g/mol. The number of nitrogens with zero attached hydrogens (tertiary/aromatic N) is 1. The molecule has 1 N–H and O–H groups in total. The minimum atomic E-state index is -0.748. The zero-order valence-electron chi connectivity index (χ0n) is 13.0. The Morgan fingerprint density at radius 3 is 2.43 bits per heavy atom. The van der Waals surface area contributed by atoms with Crippen LogP contribution in [0.3, 0.4) is 0 Å². The number of carbonyl (C=O) groups excluding carboxylic acids is 1. The predicted molar refractivity (Wildman–Crippen MR) is 90.4 cm³/mol. The van der Waals surface area contributed by atoms with E-state index in [1.807, 2.05) is 24.3 Å². The molecular weight excluding hydrogens is 362 g/mol. The van der Waals surface area contributed by atoms with E-state index in [9.17, 15) is 9.59 Å². The van der Waals surface area contributed by atoms with Gasteiger partial charge in [-0.25, -0.2) is 0 Å². The van der Waals surface area contributed by atoms with Gasteiger partial charge in [0.2, 0.25) is 5.91 Å². The lowest BCUT2D eigenvalue weighted by molar-refractivity contribution is -0.145. The van der Waals surface area contributed by atoms with Crippen molar-refractivity contribution in [1.29, 1.82) is 0 Å². The maximum atomic E-state index is 12.1. The highest BCUT2D eigenvalue weighted by Gasteiger charge is 2.26. The number of rotatable bonds is 7. The number of aliphatic carboxylic acids is 1. The summed E-state index contributed by atoms with van der Waals surface area (Å²) in [5.74, 6) is -0.0895. The van der Waals surface area contributed by atoms with Crippen molar-refractivity contribution in [3.05, 3.63) is 28.7 Å². The Morgan fingerprint density at radius 2 is 1.83 bits per heavy atom. The number of amides is 1. The third-order valence-electron chi connectivity index (χ3n) is 4.06. The third kappa shape index (κ3) is 5.86. The first kappa shape index (κ1) is 17.8. The molecule has 6 heteroatoms. The Kier molecular flexibility index (Phi) is 6.89. The van der Waals surface area contributed by atoms with Crippen molar-refractivity contribution in [3.8, 4) is 5.75 Å². The summed E-state index contributed by atoms with van der Waals surface area (Å²) in [7, 11) is 0. The molecule has 0 aromatic heterocycles. The maximum absolute atomic E-state index is 12.1. The summed E-state index contributed by atoms with van der Waals surface area (Å²) >= 11 is 3.37. The fraction of sp³-hybridized carbons (Fsp3) is 0.529. The van der Waals surface area contributed by atoms with Crippen LogP contribution in [0.25, 0.3) is 0 Å². The lowest BCUT2D eigenvalue weighted by atomic mass is 9.97. The van der Waals surface area contributed by atoms with Crippen molar-refractivity contribution in [2.45, 2.75) is 32.1 Å². The molecule has 1 aromatic rings. The van der Waals surface area contributed by atoms with E-state index in [2.05, 4.69) is 15.9 Å². The van der Waals surface area contributed by atoms with E-state index in [1.165, 1.54) is 0 Å². The van der Waals surface area contributed by atoms with Gasteiger partial charge in [0.1, 0.15) is 5.75 Å². The number of halogens is 1. The largest absolute Gasteiger partial charge is 0.494 e. The van der Waals surface area contributed by atoms with E-state index in [4.69, 9.17) is 9.84 Å². The summed E-state index contributed by atoms with van der Waals surface area (Å²) in [6, 6.07) is 7.67.